The molecule has 0 spiro atoms. The van der Waals surface area contributed by atoms with Crippen molar-refractivity contribution < 1.29 is 9.94 Å². The number of hydrogen-bond donors (Lipinski definition) is 1. The van der Waals surface area contributed by atoms with Crippen LogP contribution >= 0.6 is 0 Å². The number of oxime groups is 1. The van der Waals surface area contributed by atoms with Gasteiger partial charge < -0.3 is 9.94 Å². The average Bonchev–Trinajstić information content (AvgIpc) is 3.07. The third kappa shape index (κ3) is 3.21. The van der Waals surface area contributed by atoms with Gasteiger partial charge in [-0.2, -0.15) is 0 Å². The molecule has 1 N–H and O–H groups in total. The van der Waals surface area contributed by atoms with Crippen molar-refractivity contribution in [1.82, 2.24) is 0 Å². The Labute approximate surface area is 159 Å². The predicted molar refractivity (Wildman–Crippen MR) is 108 cm³/mol. The van der Waals surface area contributed by atoms with Gasteiger partial charge in [0.05, 0.1) is 11.6 Å². The summed E-state index contributed by atoms with van der Waals surface area (Å²) < 4.78 is 0. The molecule has 0 aliphatic carbocycles. The third-order valence-corrected chi connectivity index (χ3v) is 5.18. The minimum Gasteiger partial charge on any atom is -0.508 e. The molecule has 27 heavy (non-hydrogen) atoms. The van der Waals surface area contributed by atoms with E-state index in [9.17, 15) is 5.11 Å². The van der Waals surface area contributed by atoms with Crippen molar-refractivity contribution in [1.29, 1.82) is 0 Å². The summed E-state index contributed by atoms with van der Waals surface area (Å²) in [6.45, 7) is 6.37. The maximum atomic E-state index is 9.72. The van der Waals surface area contributed by atoms with Crippen LogP contribution < -0.4 is 0 Å². The molecule has 136 valence electrons. The van der Waals surface area contributed by atoms with Gasteiger partial charge in [-0.3, -0.25) is 0 Å². The highest BCUT2D eigenvalue weighted by Crippen LogP contribution is 2.43. The zero-order valence-electron chi connectivity index (χ0n) is 15.8. The van der Waals surface area contributed by atoms with Gasteiger partial charge in [0.15, 0.2) is 6.10 Å². The Hall–Kier alpha value is -3.07. The second kappa shape index (κ2) is 6.92. The first-order valence-electron chi connectivity index (χ1n) is 9.20. The number of rotatable bonds is 3. The van der Waals surface area contributed by atoms with Gasteiger partial charge in [-0.1, -0.05) is 65.3 Å². The van der Waals surface area contributed by atoms with Gasteiger partial charge in [0.25, 0.3) is 0 Å². The first-order valence-corrected chi connectivity index (χ1v) is 9.20. The third-order valence-electron chi connectivity index (χ3n) is 5.18. The van der Waals surface area contributed by atoms with Gasteiger partial charge in [0.2, 0.25) is 0 Å². The topological polar surface area (TPSA) is 41.8 Å². The minimum atomic E-state index is -0.189. The molecule has 0 radical (unpaired) electrons. The van der Waals surface area contributed by atoms with Crippen molar-refractivity contribution >= 4 is 5.71 Å². The number of aryl methyl sites for hydroxylation is 3. The molecule has 0 bridgehead atoms. The summed E-state index contributed by atoms with van der Waals surface area (Å²) in [6.07, 6.45) is -0.189. The molecule has 3 heteroatoms. The quantitative estimate of drug-likeness (QED) is 0.665. The SMILES string of the molecule is Cc1cc(C)c(C2=NO[C@@H](c3ccccc3)[C@@H]2c2ccc(O)cc2)c(C)c1. The van der Waals surface area contributed by atoms with Gasteiger partial charge in [-0.25, -0.2) is 0 Å². The predicted octanol–water partition coefficient (Wildman–Crippen LogP) is 5.58. The molecule has 4 rings (SSSR count). The molecule has 0 saturated carbocycles. The zero-order chi connectivity index (χ0) is 19.0. The number of phenols is 1. The van der Waals surface area contributed by atoms with E-state index in [1.54, 1.807) is 12.1 Å². The smallest absolute Gasteiger partial charge is 0.165 e. The number of phenolic OH excluding ortho intramolecular Hbond substituents is 1. The molecule has 1 heterocycles. The van der Waals surface area contributed by atoms with Crippen molar-refractivity contribution in [2.45, 2.75) is 32.8 Å². The fraction of sp³-hybridized carbons (Fsp3) is 0.208. The molecule has 3 aromatic carbocycles. The highest BCUT2D eigenvalue weighted by atomic mass is 16.6. The summed E-state index contributed by atoms with van der Waals surface area (Å²) in [6, 6.07) is 21.9. The maximum Gasteiger partial charge on any atom is 0.165 e. The standard InChI is InChI=1S/C24H23NO2/c1-15-13-16(2)21(17(3)14-15)23-22(18-9-11-20(26)12-10-18)24(27-25-23)19-7-5-4-6-8-19/h4-14,22,24,26H,1-3H3/t22-,24+/m1/s1. The molecule has 2 atom stereocenters. The van der Waals surface area contributed by atoms with Crippen molar-refractivity contribution in [3.63, 3.8) is 0 Å². The van der Waals surface area contributed by atoms with Crippen LogP contribution in [0.1, 0.15) is 45.4 Å². The molecular formula is C24H23NO2. The molecule has 0 unspecified atom stereocenters. The molecule has 0 aromatic heterocycles. The number of nitrogens with zero attached hydrogens (tertiary/aromatic N) is 1. The first-order chi connectivity index (χ1) is 13.0. The van der Waals surface area contributed by atoms with Gasteiger partial charge in [0, 0.05) is 5.56 Å². The fourth-order valence-electron chi connectivity index (χ4n) is 4.07. The lowest BCUT2D eigenvalue weighted by Gasteiger charge is -2.21. The highest BCUT2D eigenvalue weighted by molar-refractivity contribution is 6.08. The van der Waals surface area contributed by atoms with Crippen LogP contribution in [0.2, 0.25) is 0 Å². The molecule has 0 saturated heterocycles. The highest BCUT2D eigenvalue weighted by Gasteiger charge is 2.38. The van der Waals surface area contributed by atoms with E-state index in [0.717, 1.165) is 22.4 Å². The van der Waals surface area contributed by atoms with E-state index >= 15 is 0 Å². The van der Waals surface area contributed by atoms with Crippen LogP contribution in [0.4, 0.5) is 0 Å². The monoisotopic (exact) mass is 357 g/mol. The molecule has 3 nitrogen and oxygen atoms in total. The van der Waals surface area contributed by atoms with Crippen LogP contribution in [0.5, 0.6) is 5.75 Å². The molecule has 1 aliphatic heterocycles. The molecular weight excluding hydrogens is 334 g/mol. The van der Waals surface area contributed by atoms with E-state index in [1.807, 2.05) is 30.3 Å². The van der Waals surface area contributed by atoms with E-state index in [1.165, 1.54) is 16.7 Å². The molecule has 0 amide bonds. The van der Waals surface area contributed by atoms with E-state index in [-0.39, 0.29) is 17.8 Å². The Morgan fingerprint density at radius 3 is 2.07 bits per heavy atom. The van der Waals surface area contributed by atoms with Gasteiger partial charge in [0.1, 0.15) is 5.75 Å². The Bertz CT molecular complexity index is 968. The van der Waals surface area contributed by atoms with Crippen molar-refractivity contribution in [2.24, 2.45) is 5.16 Å². The van der Waals surface area contributed by atoms with Crippen LogP contribution in [0.15, 0.2) is 71.9 Å². The normalized spacial score (nSPS) is 18.9. The lowest BCUT2D eigenvalue weighted by molar-refractivity contribution is 0.0763. The zero-order valence-corrected chi connectivity index (χ0v) is 15.8. The van der Waals surface area contributed by atoms with Crippen LogP contribution in [-0.2, 0) is 4.84 Å². The first kappa shape index (κ1) is 17.3. The summed E-state index contributed by atoms with van der Waals surface area (Å²) in [4.78, 5) is 5.97. The summed E-state index contributed by atoms with van der Waals surface area (Å²) in [7, 11) is 0. The Morgan fingerprint density at radius 2 is 1.44 bits per heavy atom. The van der Waals surface area contributed by atoms with Gasteiger partial charge >= 0.3 is 0 Å². The Morgan fingerprint density at radius 1 is 0.815 bits per heavy atom. The van der Waals surface area contributed by atoms with E-state index in [2.05, 4.69) is 50.2 Å². The number of benzene rings is 3. The number of hydrogen-bond acceptors (Lipinski definition) is 3. The molecule has 1 aliphatic rings. The molecule has 0 fully saturated rings. The Balaban J connectivity index is 1.85. The molecule has 3 aromatic rings. The van der Waals surface area contributed by atoms with Crippen LogP contribution in [-0.4, -0.2) is 10.8 Å². The Kier molecular flexibility index (Phi) is 4.44. The second-order valence-corrected chi connectivity index (χ2v) is 7.26. The summed E-state index contributed by atoms with van der Waals surface area (Å²) in [5, 5.41) is 14.3. The largest absolute Gasteiger partial charge is 0.508 e. The van der Waals surface area contributed by atoms with Crippen molar-refractivity contribution in [3.05, 3.63) is 100 Å². The van der Waals surface area contributed by atoms with Crippen LogP contribution in [0.3, 0.4) is 0 Å². The van der Waals surface area contributed by atoms with E-state index < -0.39 is 0 Å². The van der Waals surface area contributed by atoms with Gasteiger partial charge in [-0.15, -0.1) is 0 Å². The van der Waals surface area contributed by atoms with Crippen LogP contribution in [0, 0.1) is 20.8 Å². The van der Waals surface area contributed by atoms with E-state index in [4.69, 9.17) is 4.84 Å². The summed E-state index contributed by atoms with van der Waals surface area (Å²) >= 11 is 0. The van der Waals surface area contributed by atoms with Crippen LogP contribution in [0.25, 0.3) is 0 Å². The maximum absolute atomic E-state index is 9.72. The summed E-state index contributed by atoms with van der Waals surface area (Å²) in [5.41, 5.74) is 7.92. The van der Waals surface area contributed by atoms with Crippen molar-refractivity contribution in [3.8, 4) is 5.75 Å². The lowest BCUT2D eigenvalue weighted by Crippen LogP contribution is -2.18. The average molecular weight is 357 g/mol. The minimum absolute atomic E-state index is 0.0342. The number of aromatic hydroxyl groups is 1. The second-order valence-electron chi connectivity index (χ2n) is 7.26. The van der Waals surface area contributed by atoms with E-state index in [0.29, 0.717) is 0 Å². The van der Waals surface area contributed by atoms with Crippen molar-refractivity contribution in [2.75, 3.05) is 0 Å². The lowest BCUT2D eigenvalue weighted by atomic mass is 9.81. The summed E-state index contributed by atoms with van der Waals surface area (Å²) in [5.74, 6) is 0.225. The fourth-order valence-corrected chi connectivity index (χ4v) is 4.07. The van der Waals surface area contributed by atoms with Gasteiger partial charge in [-0.05, 0) is 55.2 Å².